The van der Waals surface area contributed by atoms with Gasteiger partial charge < -0.3 is 15.1 Å². The first-order valence-corrected chi connectivity index (χ1v) is 9.47. The number of nitrogens with zero attached hydrogens (tertiary/aromatic N) is 6. The van der Waals surface area contributed by atoms with E-state index in [0.29, 0.717) is 6.54 Å². The average Bonchev–Trinajstić information content (AvgIpc) is 2.97. The number of aromatic nitrogens is 3. The van der Waals surface area contributed by atoms with Crippen molar-refractivity contribution in [2.45, 2.75) is 27.3 Å². The Morgan fingerprint density at radius 2 is 1.88 bits per heavy atom. The fourth-order valence-electron chi connectivity index (χ4n) is 2.75. The summed E-state index contributed by atoms with van der Waals surface area (Å²) in [6, 6.07) is 1.84. The minimum Gasteiger partial charge on any atom is -0.357 e. The number of hydrogen-bond acceptors (Lipinski definition) is 6. The molecule has 1 fully saturated rings. The lowest BCUT2D eigenvalue weighted by atomic mass is 10.3. The first-order valence-electron chi connectivity index (χ1n) is 8.65. The Hall–Kier alpha value is -1.49. The van der Waals surface area contributed by atoms with Crippen LogP contribution in [0, 0.1) is 13.8 Å². The molecule has 7 nitrogen and oxygen atoms in total. The van der Waals surface area contributed by atoms with Gasteiger partial charge in [-0.15, -0.1) is 35.3 Å². The molecule has 0 aromatic carbocycles. The van der Waals surface area contributed by atoms with Crippen LogP contribution in [0.3, 0.4) is 0 Å². The van der Waals surface area contributed by atoms with Gasteiger partial charge in [0, 0.05) is 50.0 Å². The van der Waals surface area contributed by atoms with Gasteiger partial charge in [-0.05, 0) is 26.8 Å². The van der Waals surface area contributed by atoms with Gasteiger partial charge in [-0.1, -0.05) is 0 Å². The molecule has 26 heavy (non-hydrogen) atoms. The van der Waals surface area contributed by atoms with E-state index in [0.717, 1.165) is 55.3 Å². The van der Waals surface area contributed by atoms with E-state index >= 15 is 0 Å². The number of guanidine groups is 1. The zero-order valence-electron chi connectivity index (χ0n) is 15.5. The summed E-state index contributed by atoms with van der Waals surface area (Å²) in [6.45, 7) is 11.3. The lowest BCUT2D eigenvalue weighted by molar-refractivity contribution is 0.370. The second-order valence-corrected chi connectivity index (χ2v) is 7.23. The van der Waals surface area contributed by atoms with Gasteiger partial charge in [0.1, 0.15) is 5.01 Å². The molecule has 0 unspecified atom stereocenters. The number of nitrogens with one attached hydrogen (secondary N) is 1. The van der Waals surface area contributed by atoms with Gasteiger partial charge in [-0.25, -0.2) is 19.9 Å². The lowest BCUT2D eigenvalue weighted by Crippen LogP contribution is -2.52. The van der Waals surface area contributed by atoms with Crippen LogP contribution in [-0.4, -0.2) is 58.5 Å². The second-order valence-electron chi connectivity index (χ2n) is 5.94. The highest BCUT2D eigenvalue weighted by atomic mass is 127. The molecular weight excluding hydrogens is 461 g/mol. The molecule has 0 spiro atoms. The van der Waals surface area contributed by atoms with Crippen molar-refractivity contribution in [2.75, 3.05) is 37.6 Å². The van der Waals surface area contributed by atoms with Crippen LogP contribution in [0.15, 0.2) is 23.5 Å². The van der Waals surface area contributed by atoms with Crippen molar-refractivity contribution in [2.24, 2.45) is 4.99 Å². The predicted octanol–water partition coefficient (Wildman–Crippen LogP) is 2.46. The molecule has 3 heterocycles. The maximum absolute atomic E-state index is 4.79. The van der Waals surface area contributed by atoms with Crippen LogP contribution >= 0.6 is 35.3 Å². The monoisotopic (exact) mass is 487 g/mol. The van der Waals surface area contributed by atoms with Gasteiger partial charge in [-0.3, -0.25) is 0 Å². The molecule has 0 atom stereocenters. The molecule has 2 aromatic heterocycles. The highest BCUT2D eigenvalue weighted by Gasteiger charge is 2.21. The zero-order valence-corrected chi connectivity index (χ0v) is 18.6. The highest BCUT2D eigenvalue weighted by molar-refractivity contribution is 14.0. The van der Waals surface area contributed by atoms with E-state index in [9.17, 15) is 0 Å². The first-order chi connectivity index (χ1) is 12.2. The Kier molecular flexibility index (Phi) is 8.01. The van der Waals surface area contributed by atoms with Crippen LogP contribution in [0.1, 0.15) is 22.5 Å². The minimum absolute atomic E-state index is 0. The Morgan fingerprint density at radius 3 is 2.46 bits per heavy atom. The number of aryl methyl sites for hydroxylation is 2. The van der Waals surface area contributed by atoms with Crippen molar-refractivity contribution in [3.8, 4) is 0 Å². The molecular formula is C17H26IN7S. The van der Waals surface area contributed by atoms with Gasteiger partial charge in [0.25, 0.3) is 0 Å². The summed E-state index contributed by atoms with van der Waals surface area (Å²) in [5.74, 6) is 1.76. The van der Waals surface area contributed by atoms with E-state index in [1.165, 1.54) is 4.88 Å². The molecule has 0 radical (unpaired) electrons. The summed E-state index contributed by atoms with van der Waals surface area (Å²) in [7, 11) is 0. The molecule has 1 N–H and O–H groups in total. The normalized spacial score (nSPS) is 15.0. The van der Waals surface area contributed by atoms with Crippen molar-refractivity contribution in [3.05, 3.63) is 34.0 Å². The van der Waals surface area contributed by atoms with E-state index in [1.807, 2.05) is 6.07 Å². The molecule has 0 saturated carbocycles. The molecule has 0 aliphatic carbocycles. The van der Waals surface area contributed by atoms with E-state index in [2.05, 4.69) is 50.8 Å². The van der Waals surface area contributed by atoms with Gasteiger partial charge in [-0.2, -0.15) is 0 Å². The summed E-state index contributed by atoms with van der Waals surface area (Å²) in [4.78, 5) is 23.8. The topological polar surface area (TPSA) is 69.5 Å². The predicted molar refractivity (Wildman–Crippen MR) is 118 cm³/mol. The van der Waals surface area contributed by atoms with Crippen molar-refractivity contribution in [3.63, 3.8) is 0 Å². The Labute approximate surface area is 176 Å². The number of hydrogen-bond donors (Lipinski definition) is 1. The Balaban J connectivity index is 0.00000243. The molecule has 1 aliphatic heterocycles. The van der Waals surface area contributed by atoms with Crippen LogP contribution in [0.2, 0.25) is 0 Å². The molecule has 2 aromatic rings. The van der Waals surface area contributed by atoms with Crippen molar-refractivity contribution < 1.29 is 0 Å². The van der Waals surface area contributed by atoms with Crippen molar-refractivity contribution in [1.29, 1.82) is 0 Å². The van der Waals surface area contributed by atoms with Crippen LogP contribution < -0.4 is 10.2 Å². The van der Waals surface area contributed by atoms with Gasteiger partial charge >= 0.3 is 0 Å². The highest BCUT2D eigenvalue weighted by Crippen LogP contribution is 2.17. The second kappa shape index (κ2) is 10.0. The Morgan fingerprint density at radius 1 is 1.19 bits per heavy atom. The van der Waals surface area contributed by atoms with Crippen LogP contribution in [0.5, 0.6) is 0 Å². The number of aliphatic imine (C=N–C) groups is 1. The quantitative estimate of drug-likeness (QED) is 0.406. The third-order valence-corrected chi connectivity index (χ3v) is 5.24. The van der Waals surface area contributed by atoms with Crippen LogP contribution in [0.4, 0.5) is 5.95 Å². The van der Waals surface area contributed by atoms with Gasteiger partial charge in [0.15, 0.2) is 5.96 Å². The van der Waals surface area contributed by atoms with Crippen molar-refractivity contribution >= 4 is 47.2 Å². The van der Waals surface area contributed by atoms with Crippen molar-refractivity contribution in [1.82, 2.24) is 25.2 Å². The molecule has 0 amide bonds. The van der Waals surface area contributed by atoms with Crippen LogP contribution in [0.25, 0.3) is 0 Å². The number of thiazole rings is 1. The van der Waals surface area contributed by atoms with E-state index in [1.54, 1.807) is 23.7 Å². The smallest absolute Gasteiger partial charge is 0.225 e. The molecule has 9 heteroatoms. The SMILES string of the molecule is CCNC(=NCc1nc(C)c(C)s1)N1CCN(c2ncccn2)CC1.I. The maximum Gasteiger partial charge on any atom is 0.225 e. The van der Waals surface area contributed by atoms with E-state index in [-0.39, 0.29) is 24.0 Å². The maximum atomic E-state index is 4.79. The van der Waals surface area contributed by atoms with E-state index in [4.69, 9.17) is 4.99 Å². The van der Waals surface area contributed by atoms with Gasteiger partial charge in [0.2, 0.25) is 5.95 Å². The third-order valence-electron chi connectivity index (χ3n) is 4.19. The molecule has 0 bridgehead atoms. The van der Waals surface area contributed by atoms with E-state index < -0.39 is 0 Å². The fraction of sp³-hybridized carbons (Fsp3) is 0.529. The third kappa shape index (κ3) is 5.26. The largest absolute Gasteiger partial charge is 0.357 e. The zero-order chi connectivity index (χ0) is 17.6. The minimum atomic E-state index is 0. The standard InChI is InChI=1S/C17H25N7S.HI/c1-4-18-16(21-12-15-22-13(2)14(3)25-15)23-8-10-24(11-9-23)17-19-6-5-7-20-17;/h5-7H,4,8-12H2,1-3H3,(H,18,21);1H. The summed E-state index contributed by atoms with van der Waals surface area (Å²) < 4.78 is 0. The number of anilines is 1. The number of rotatable bonds is 4. The molecule has 142 valence electrons. The molecule has 3 rings (SSSR count). The molecule has 1 saturated heterocycles. The lowest BCUT2D eigenvalue weighted by Gasteiger charge is -2.36. The summed E-state index contributed by atoms with van der Waals surface area (Å²) in [5.41, 5.74) is 1.11. The summed E-state index contributed by atoms with van der Waals surface area (Å²) >= 11 is 1.73. The summed E-state index contributed by atoms with van der Waals surface area (Å²) in [6.07, 6.45) is 3.58. The molecule has 1 aliphatic rings. The first kappa shape index (κ1) is 20.8. The van der Waals surface area contributed by atoms with Gasteiger partial charge in [0.05, 0.1) is 12.2 Å². The Bertz CT molecular complexity index is 692. The number of halogens is 1. The fourth-order valence-corrected chi connectivity index (χ4v) is 3.61. The summed E-state index contributed by atoms with van der Waals surface area (Å²) in [5, 5.41) is 4.47. The van der Waals surface area contributed by atoms with Crippen LogP contribution in [-0.2, 0) is 6.54 Å². The average molecular weight is 487 g/mol. The number of piperazine rings is 1.